The van der Waals surface area contributed by atoms with Crippen molar-refractivity contribution in [1.82, 2.24) is 10.2 Å². The summed E-state index contributed by atoms with van der Waals surface area (Å²) in [7, 11) is 0. The van der Waals surface area contributed by atoms with Gasteiger partial charge in [-0.15, -0.1) is 0 Å². The van der Waals surface area contributed by atoms with E-state index >= 15 is 0 Å². The fourth-order valence-electron chi connectivity index (χ4n) is 3.30. The third-order valence-electron chi connectivity index (χ3n) is 4.51. The van der Waals surface area contributed by atoms with Crippen molar-refractivity contribution in [2.75, 3.05) is 19.7 Å². The van der Waals surface area contributed by atoms with Crippen molar-refractivity contribution in [2.24, 2.45) is 5.92 Å². The Hall–Kier alpha value is -2.32. The molecule has 2 aliphatic heterocycles. The van der Waals surface area contributed by atoms with Gasteiger partial charge in [0, 0.05) is 18.5 Å². The Morgan fingerprint density at radius 3 is 2.85 bits per heavy atom. The van der Waals surface area contributed by atoms with Crippen LogP contribution in [0.1, 0.15) is 30.9 Å². The molecule has 142 valence electrons. The van der Waals surface area contributed by atoms with E-state index in [1.165, 1.54) is 18.2 Å². The first-order chi connectivity index (χ1) is 12.2. The predicted octanol–water partition coefficient (Wildman–Crippen LogP) is 2.57. The van der Waals surface area contributed by atoms with Gasteiger partial charge in [-0.25, -0.2) is 4.39 Å². The van der Waals surface area contributed by atoms with Crippen molar-refractivity contribution in [3.63, 3.8) is 0 Å². The molecule has 2 amide bonds. The zero-order valence-corrected chi connectivity index (χ0v) is 13.8. The van der Waals surface area contributed by atoms with E-state index in [0.29, 0.717) is 35.7 Å². The van der Waals surface area contributed by atoms with Crippen LogP contribution < -0.4 is 10.1 Å². The molecule has 0 radical (unpaired) electrons. The molecule has 0 saturated carbocycles. The average Bonchev–Trinajstić information content (AvgIpc) is 2.78. The molecule has 0 bridgehead atoms. The quantitative estimate of drug-likeness (QED) is 0.828. The average molecular weight is 374 g/mol. The van der Waals surface area contributed by atoms with Gasteiger partial charge in [0.05, 0.1) is 18.6 Å². The molecule has 2 heterocycles. The fraction of sp³-hybridized carbons (Fsp3) is 0.529. The summed E-state index contributed by atoms with van der Waals surface area (Å²) in [4.78, 5) is 24.9. The molecular weight excluding hydrogens is 356 g/mol. The van der Waals surface area contributed by atoms with Gasteiger partial charge in [0.2, 0.25) is 11.8 Å². The lowest BCUT2D eigenvalue weighted by molar-refractivity contribution is -0.157. The Bertz CT molecular complexity index is 708. The highest BCUT2D eigenvalue weighted by Crippen LogP contribution is 2.33. The van der Waals surface area contributed by atoms with E-state index in [-0.39, 0.29) is 13.0 Å². The SMILES string of the molecule is O=C(N[C@@H]1CCCOc2ccc(F)cc21)[C@H]1CC(=O)N(CC(F)(F)F)C1. The molecule has 1 saturated heterocycles. The van der Waals surface area contributed by atoms with Gasteiger partial charge in [0.15, 0.2) is 0 Å². The lowest BCUT2D eigenvalue weighted by Crippen LogP contribution is -2.38. The van der Waals surface area contributed by atoms with E-state index in [9.17, 15) is 27.2 Å². The summed E-state index contributed by atoms with van der Waals surface area (Å²) in [5.74, 6) is -2.06. The van der Waals surface area contributed by atoms with E-state index in [0.717, 1.165) is 0 Å². The molecule has 1 aromatic rings. The van der Waals surface area contributed by atoms with Gasteiger partial charge in [-0.1, -0.05) is 0 Å². The van der Waals surface area contributed by atoms with Crippen LogP contribution >= 0.6 is 0 Å². The highest BCUT2D eigenvalue weighted by molar-refractivity contribution is 5.89. The summed E-state index contributed by atoms with van der Waals surface area (Å²) in [6.45, 7) is -1.21. The number of amides is 2. The maximum atomic E-state index is 13.6. The molecule has 3 rings (SSSR count). The molecule has 2 atom stereocenters. The molecule has 9 heteroatoms. The predicted molar refractivity (Wildman–Crippen MR) is 82.8 cm³/mol. The number of hydrogen-bond acceptors (Lipinski definition) is 3. The van der Waals surface area contributed by atoms with Crippen molar-refractivity contribution >= 4 is 11.8 Å². The fourth-order valence-corrected chi connectivity index (χ4v) is 3.30. The van der Waals surface area contributed by atoms with E-state index in [2.05, 4.69) is 5.32 Å². The number of hydrogen-bond donors (Lipinski definition) is 1. The lowest BCUT2D eigenvalue weighted by Gasteiger charge is -2.21. The Kier molecular flexibility index (Phi) is 5.06. The van der Waals surface area contributed by atoms with Crippen molar-refractivity contribution in [3.05, 3.63) is 29.6 Å². The molecule has 0 aromatic heterocycles. The van der Waals surface area contributed by atoms with Crippen LogP contribution in [0.15, 0.2) is 18.2 Å². The minimum absolute atomic E-state index is 0.263. The van der Waals surface area contributed by atoms with E-state index < -0.39 is 42.3 Å². The summed E-state index contributed by atoms with van der Waals surface area (Å²) in [5.41, 5.74) is 0.493. The lowest BCUT2D eigenvalue weighted by atomic mass is 10.00. The number of carbonyl (C=O) groups is 2. The van der Waals surface area contributed by atoms with Crippen molar-refractivity contribution in [2.45, 2.75) is 31.5 Å². The third-order valence-corrected chi connectivity index (χ3v) is 4.51. The van der Waals surface area contributed by atoms with Crippen LogP contribution in [-0.4, -0.2) is 42.6 Å². The van der Waals surface area contributed by atoms with Gasteiger partial charge in [-0.2, -0.15) is 13.2 Å². The number of ether oxygens (including phenoxy) is 1. The largest absolute Gasteiger partial charge is 0.493 e. The van der Waals surface area contributed by atoms with Gasteiger partial charge in [-0.05, 0) is 31.0 Å². The summed E-state index contributed by atoms with van der Waals surface area (Å²) in [5, 5.41) is 2.74. The summed E-state index contributed by atoms with van der Waals surface area (Å²) in [6.07, 6.45) is -3.63. The summed E-state index contributed by atoms with van der Waals surface area (Å²) in [6, 6.07) is 3.51. The van der Waals surface area contributed by atoms with E-state index in [1.54, 1.807) is 0 Å². The number of benzene rings is 1. The number of nitrogens with zero attached hydrogens (tertiary/aromatic N) is 1. The first kappa shape index (κ1) is 18.5. The van der Waals surface area contributed by atoms with Crippen molar-refractivity contribution in [3.8, 4) is 5.75 Å². The van der Waals surface area contributed by atoms with Crippen molar-refractivity contribution in [1.29, 1.82) is 0 Å². The number of carbonyl (C=O) groups excluding carboxylic acids is 2. The second kappa shape index (κ2) is 7.13. The monoisotopic (exact) mass is 374 g/mol. The van der Waals surface area contributed by atoms with Crippen LogP contribution in [-0.2, 0) is 9.59 Å². The number of fused-ring (bicyclic) bond motifs is 1. The first-order valence-corrected chi connectivity index (χ1v) is 8.30. The summed E-state index contributed by atoms with van der Waals surface area (Å²) < 4.78 is 56.6. The molecule has 1 N–H and O–H groups in total. The molecule has 1 aromatic carbocycles. The smallest absolute Gasteiger partial charge is 0.406 e. The highest BCUT2D eigenvalue weighted by atomic mass is 19.4. The minimum atomic E-state index is -4.50. The minimum Gasteiger partial charge on any atom is -0.493 e. The highest BCUT2D eigenvalue weighted by Gasteiger charge is 2.41. The van der Waals surface area contributed by atoms with Crippen LogP contribution in [0.4, 0.5) is 17.6 Å². The molecule has 26 heavy (non-hydrogen) atoms. The Morgan fingerprint density at radius 1 is 1.35 bits per heavy atom. The number of rotatable bonds is 3. The van der Waals surface area contributed by atoms with E-state index in [1.807, 2.05) is 0 Å². The van der Waals surface area contributed by atoms with Crippen LogP contribution in [0, 0.1) is 11.7 Å². The third kappa shape index (κ3) is 4.25. The number of nitrogens with one attached hydrogen (secondary N) is 1. The maximum Gasteiger partial charge on any atom is 0.406 e. The van der Waals surface area contributed by atoms with Crippen molar-refractivity contribution < 1.29 is 31.9 Å². The topological polar surface area (TPSA) is 58.6 Å². The number of likely N-dealkylation sites (tertiary alicyclic amines) is 1. The molecule has 0 aliphatic carbocycles. The van der Waals surface area contributed by atoms with Gasteiger partial charge in [-0.3, -0.25) is 9.59 Å². The second-order valence-electron chi connectivity index (χ2n) is 6.52. The summed E-state index contributed by atoms with van der Waals surface area (Å²) >= 11 is 0. The molecule has 1 fully saturated rings. The molecule has 5 nitrogen and oxygen atoms in total. The van der Waals surface area contributed by atoms with Gasteiger partial charge >= 0.3 is 6.18 Å². The standard InChI is InChI=1S/C17H18F4N2O3/c18-11-3-4-14-12(7-11)13(2-1-5-26-14)22-16(25)10-6-15(24)23(8-10)9-17(19,20)21/h3-4,7,10,13H,1-2,5-6,8-9H2,(H,22,25)/t10-,13+/m0/s1. The van der Waals surface area contributed by atoms with Gasteiger partial charge in [0.1, 0.15) is 18.1 Å². The van der Waals surface area contributed by atoms with Crippen LogP contribution in [0.5, 0.6) is 5.75 Å². The van der Waals surface area contributed by atoms with Gasteiger partial charge < -0.3 is 15.0 Å². The van der Waals surface area contributed by atoms with Gasteiger partial charge in [0.25, 0.3) is 0 Å². The zero-order chi connectivity index (χ0) is 18.9. The van der Waals surface area contributed by atoms with E-state index in [4.69, 9.17) is 4.74 Å². The number of halogens is 4. The van der Waals surface area contributed by atoms with Crippen LogP contribution in [0.2, 0.25) is 0 Å². The normalized spacial score (nSPS) is 23.2. The molecule has 0 unspecified atom stereocenters. The second-order valence-corrected chi connectivity index (χ2v) is 6.52. The molecular formula is C17H18F4N2O3. The van der Waals surface area contributed by atoms with Crippen LogP contribution in [0.25, 0.3) is 0 Å². The Balaban J connectivity index is 1.69. The Morgan fingerprint density at radius 2 is 2.12 bits per heavy atom. The first-order valence-electron chi connectivity index (χ1n) is 8.30. The molecule has 2 aliphatic rings. The maximum absolute atomic E-state index is 13.6. The number of alkyl halides is 3. The Labute approximate surface area is 147 Å². The zero-order valence-electron chi connectivity index (χ0n) is 13.8. The molecule has 0 spiro atoms. The van der Waals surface area contributed by atoms with Crippen LogP contribution in [0.3, 0.4) is 0 Å².